The molecule has 6 nitrogen and oxygen atoms in total. The van der Waals surface area contributed by atoms with Crippen molar-refractivity contribution in [2.24, 2.45) is 0 Å². The zero-order valence-corrected chi connectivity index (χ0v) is 13.9. The first-order chi connectivity index (χ1) is 12.2. The minimum absolute atomic E-state index is 0.00530. The molecule has 0 unspecified atom stereocenters. The second kappa shape index (κ2) is 7.21. The van der Waals surface area contributed by atoms with Gasteiger partial charge in [-0.3, -0.25) is 9.69 Å². The van der Waals surface area contributed by atoms with Gasteiger partial charge in [0.15, 0.2) is 0 Å². The van der Waals surface area contributed by atoms with Crippen LogP contribution in [0.15, 0.2) is 29.1 Å². The summed E-state index contributed by atoms with van der Waals surface area (Å²) in [5.41, 5.74) is 7.37. The zero-order valence-electron chi connectivity index (χ0n) is 13.9. The van der Waals surface area contributed by atoms with Gasteiger partial charge in [-0.05, 0) is 37.1 Å². The molecule has 3 rings (SSSR count). The highest BCUT2D eigenvalue weighted by molar-refractivity contribution is 5.81. The van der Waals surface area contributed by atoms with Gasteiger partial charge in [-0.15, -0.1) is 0 Å². The van der Waals surface area contributed by atoms with Gasteiger partial charge in [-0.2, -0.15) is 10.5 Å². The highest BCUT2D eigenvalue weighted by Crippen LogP contribution is 2.31. The normalized spacial score (nSPS) is 14.6. The third kappa shape index (κ3) is 3.26. The van der Waals surface area contributed by atoms with Crippen molar-refractivity contribution in [2.75, 3.05) is 18.8 Å². The van der Waals surface area contributed by atoms with Crippen molar-refractivity contribution in [1.82, 2.24) is 9.88 Å². The molecule has 2 heterocycles. The van der Waals surface area contributed by atoms with Crippen LogP contribution in [0.4, 0.5) is 5.82 Å². The topological polar surface area (TPSA) is 110 Å². The number of pyridine rings is 1. The van der Waals surface area contributed by atoms with E-state index in [1.54, 1.807) is 0 Å². The molecular weight excluding hydrogens is 314 g/mol. The minimum Gasteiger partial charge on any atom is -0.384 e. The maximum atomic E-state index is 12.2. The molecule has 1 aliphatic heterocycles. The number of nitrogens with two attached hydrogens (primary N) is 1. The van der Waals surface area contributed by atoms with Crippen LogP contribution in [0.5, 0.6) is 0 Å². The summed E-state index contributed by atoms with van der Waals surface area (Å²) < 4.78 is 0. The van der Waals surface area contributed by atoms with E-state index in [1.807, 2.05) is 36.4 Å². The number of aromatic amines is 1. The molecule has 0 aliphatic carbocycles. The highest BCUT2D eigenvalue weighted by Gasteiger charge is 2.21. The van der Waals surface area contributed by atoms with Gasteiger partial charge in [0, 0.05) is 12.1 Å². The van der Waals surface area contributed by atoms with Crippen LogP contribution in [0.25, 0.3) is 11.1 Å². The lowest BCUT2D eigenvalue weighted by atomic mass is 9.92. The molecule has 1 aromatic carbocycles. The zero-order chi connectivity index (χ0) is 17.8. The molecule has 0 atom stereocenters. The van der Waals surface area contributed by atoms with Gasteiger partial charge in [-0.1, -0.05) is 30.7 Å². The van der Waals surface area contributed by atoms with Crippen LogP contribution in [-0.4, -0.2) is 23.0 Å². The molecule has 0 spiro atoms. The quantitative estimate of drug-likeness (QED) is 0.896. The van der Waals surface area contributed by atoms with Crippen LogP contribution in [0.3, 0.4) is 0 Å². The number of rotatable bonds is 3. The standard InChI is InChI=1S/C19H19N5O/c20-10-15-17(16(11-21)19(25)23-18(15)22)14-7-3-2-6-13(14)12-24-8-4-1-5-9-24/h2-3,6-7H,1,4-5,8-9,12H2,(H3,22,23,25). The van der Waals surface area contributed by atoms with Crippen molar-refractivity contribution in [3.63, 3.8) is 0 Å². The number of hydrogen-bond acceptors (Lipinski definition) is 5. The van der Waals surface area contributed by atoms with Crippen LogP contribution in [-0.2, 0) is 6.54 Å². The lowest BCUT2D eigenvalue weighted by molar-refractivity contribution is 0.221. The van der Waals surface area contributed by atoms with Crippen LogP contribution in [0, 0.1) is 22.7 Å². The molecule has 0 bridgehead atoms. The number of piperidine rings is 1. The van der Waals surface area contributed by atoms with E-state index in [-0.39, 0.29) is 16.9 Å². The first kappa shape index (κ1) is 16.8. The third-order valence-corrected chi connectivity index (χ3v) is 4.60. The molecule has 1 aliphatic rings. The van der Waals surface area contributed by atoms with E-state index < -0.39 is 5.56 Å². The number of aromatic nitrogens is 1. The van der Waals surface area contributed by atoms with Gasteiger partial charge in [0.2, 0.25) is 0 Å². The summed E-state index contributed by atoms with van der Waals surface area (Å²) in [5, 5.41) is 19.0. The van der Waals surface area contributed by atoms with Gasteiger partial charge in [0.1, 0.15) is 29.1 Å². The predicted molar refractivity (Wildman–Crippen MR) is 95.5 cm³/mol. The van der Waals surface area contributed by atoms with Gasteiger partial charge in [-0.25, -0.2) is 0 Å². The van der Waals surface area contributed by atoms with E-state index in [0.717, 1.165) is 30.8 Å². The van der Waals surface area contributed by atoms with Crippen molar-refractivity contribution >= 4 is 5.82 Å². The van der Waals surface area contributed by atoms with Crippen molar-refractivity contribution in [3.05, 3.63) is 51.3 Å². The van der Waals surface area contributed by atoms with E-state index in [1.165, 1.54) is 19.3 Å². The lowest BCUT2D eigenvalue weighted by Gasteiger charge is -2.27. The van der Waals surface area contributed by atoms with Gasteiger partial charge in [0.05, 0.1) is 0 Å². The Morgan fingerprint density at radius 1 is 1.08 bits per heavy atom. The Balaban J connectivity index is 2.16. The molecule has 3 N–H and O–H groups in total. The number of nitrogen functional groups attached to an aromatic ring is 1. The summed E-state index contributed by atoms with van der Waals surface area (Å²) >= 11 is 0. The van der Waals surface area contributed by atoms with Crippen LogP contribution >= 0.6 is 0 Å². The van der Waals surface area contributed by atoms with Crippen molar-refractivity contribution < 1.29 is 0 Å². The Bertz CT molecular complexity index is 926. The number of likely N-dealkylation sites (tertiary alicyclic amines) is 1. The third-order valence-electron chi connectivity index (χ3n) is 4.60. The van der Waals surface area contributed by atoms with Crippen LogP contribution < -0.4 is 11.3 Å². The summed E-state index contributed by atoms with van der Waals surface area (Å²) in [4.78, 5) is 16.9. The highest BCUT2D eigenvalue weighted by atomic mass is 16.1. The Labute approximate surface area is 146 Å². The maximum Gasteiger partial charge on any atom is 0.268 e. The average Bonchev–Trinajstić information content (AvgIpc) is 2.62. The SMILES string of the molecule is N#Cc1c(N)[nH]c(=O)c(C#N)c1-c1ccccc1CN1CCCCC1. The number of nitrogens with one attached hydrogen (secondary N) is 1. The Hall–Kier alpha value is -3.09. The van der Waals surface area contributed by atoms with Gasteiger partial charge < -0.3 is 10.7 Å². The van der Waals surface area contributed by atoms with Gasteiger partial charge >= 0.3 is 0 Å². The second-order valence-corrected chi connectivity index (χ2v) is 6.21. The van der Waals surface area contributed by atoms with E-state index in [9.17, 15) is 15.3 Å². The molecule has 1 fully saturated rings. The smallest absolute Gasteiger partial charge is 0.268 e. The molecule has 126 valence electrons. The fourth-order valence-corrected chi connectivity index (χ4v) is 3.37. The number of anilines is 1. The summed E-state index contributed by atoms with van der Waals surface area (Å²) in [6.07, 6.45) is 3.60. The van der Waals surface area contributed by atoms with Crippen molar-refractivity contribution in [2.45, 2.75) is 25.8 Å². The molecule has 1 saturated heterocycles. The molecule has 2 aromatic rings. The van der Waals surface area contributed by atoms with Crippen LogP contribution in [0.2, 0.25) is 0 Å². The number of benzene rings is 1. The molecule has 0 radical (unpaired) electrons. The number of hydrogen-bond donors (Lipinski definition) is 2. The van der Waals surface area contributed by atoms with Crippen LogP contribution in [0.1, 0.15) is 36.0 Å². The van der Waals surface area contributed by atoms with E-state index in [4.69, 9.17) is 5.73 Å². The lowest BCUT2D eigenvalue weighted by Crippen LogP contribution is -2.29. The van der Waals surface area contributed by atoms with Gasteiger partial charge in [0.25, 0.3) is 5.56 Å². The first-order valence-corrected chi connectivity index (χ1v) is 8.32. The number of nitriles is 2. The van der Waals surface area contributed by atoms with E-state index in [0.29, 0.717) is 5.56 Å². The Morgan fingerprint density at radius 3 is 2.44 bits per heavy atom. The molecule has 6 heteroatoms. The predicted octanol–water partition coefficient (Wildman–Crippen LogP) is 2.35. The molecule has 0 amide bonds. The monoisotopic (exact) mass is 333 g/mol. The Kier molecular flexibility index (Phi) is 4.83. The largest absolute Gasteiger partial charge is 0.384 e. The molecular formula is C19H19N5O. The Morgan fingerprint density at radius 2 is 1.76 bits per heavy atom. The first-order valence-electron chi connectivity index (χ1n) is 8.32. The fraction of sp³-hybridized carbons (Fsp3) is 0.316. The summed E-state index contributed by atoms with van der Waals surface area (Å²) in [6.45, 7) is 2.78. The molecule has 1 aromatic heterocycles. The maximum absolute atomic E-state index is 12.2. The second-order valence-electron chi connectivity index (χ2n) is 6.21. The summed E-state index contributed by atoms with van der Waals surface area (Å²) in [7, 11) is 0. The summed E-state index contributed by atoms with van der Waals surface area (Å²) in [5.74, 6) is -0.00530. The average molecular weight is 333 g/mol. The summed E-state index contributed by atoms with van der Waals surface area (Å²) in [6, 6.07) is 11.6. The molecule has 0 saturated carbocycles. The molecule has 25 heavy (non-hydrogen) atoms. The van der Waals surface area contributed by atoms with Crippen molar-refractivity contribution in [1.29, 1.82) is 10.5 Å². The van der Waals surface area contributed by atoms with E-state index in [2.05, 4.69) is 9.88 Å². The van der Waals surface area contributed by atoms with E-state index >= 15 is 0 Å². The van der Waals surface area contributed by atoms with Crippen molar-refractivity contribution in [3.8, 4) is 23.3 Å². The number of H-pyrrole nitrogens is 1. The minimum atomic E-state index is -0.568. The fourth-order valence-electron chi connectivity index (χ4n) is 3.37. The number of nitrogens with zero attached hydrogens (tertiary/aromatic N) is 3.